The fraction of sp³-hybridized carbons (Fsp3) is 0.800. The van der Waals surface area contributed by atoms with Gasteiger partial charge in [0.15, 0.2) is 6.10 Å². The van der Waals surface area contributed by atoms with Crippen LogP contribution in [0.3, 0.4) is 0 Å². The standard InChI is InChI=1S/C10H18N2O5/c13-8(9(14)15)5-12-10(16)11-4-7-2-1-3-17-6-7/h7-8,13H,1-6H2,(H,14,15)(H2,11,12,16)/t7?,8-/m0/s1. The number of carboxylic acid groups (broad SMARTS) is 1. The zero-order valence-electron chi connectivity index (χ0n) is 9.52. The summed E-state index contributed by atoms with van der Waals surface area (Å²) in [6.07, 6.45) is 0.433. The van der Waals surface area contributed by atoms with Crippen molar-refractivity contribution in [2.45, 2.75) is 18.9 Å². The topological polar surface area (TPSA) is 108 Å². The van der Waals surface area contributed by atoms with E-state index in [1.807, 2.05) is 0 Å². The fourth-order valence-corrected chi connectivity index (χ4v) is 1.54. The minimum Gasteiger partial charge on any atom is -0.479 e. The zero-order valence-corrected chi connectivity index (χ0v) is 9.52. The SMILES string of the molecule is O=C(NCC1CCCOC1)NC[C@H](O)C(=O)O. The fourth-order valence-electron chi connectivity index (χ4n) is 1.54. The Hall–Kier alpha value is -1.34. The Morgan fingerprint density at radius 1 is 1.41 bits per heavy atom. The van der Waals surface area contributed by atoms with Gasteiger partial charge in [-0.25, -0.2) is 9.59 Å². The normalized spacial score (nSPS) is 21.6. The van der Waals surface area contributed by atoms with Crippen molar-refractivity contribution in [1.82, 2.24) is 10.6 Å². The Labute approximate surface area is 99.1 Å². The number of rotatable bonds is 5. The molecular formula is C10H18N2O5. The third-order valence-electron chi connectivity index (χ3n) is 2.55. The average molecular weight is 246 g/mol. The second kappa shape index (κ2) is 7.08. The maximum atomic E-state index is 11.2. The van der Waals surface area contributed by atoms with Gasteiger partial charge in [0.2, 0.25) is 0 Å². The van der Waals surface area contributed by atoms with Crippen LogP contribution in [-0.2, 0) is 9.53 Å². The Morgan fingerprint density at radius 2 is 2.18 bits per heavy atom. The maximum Gasteiger partial charge on any atom is 0.334 e. The minimum absolute atomic E-state index is 0.303. The third-order valence-corrected chi connectivity index (χ3v) is 2.55. The summed E-state index contributed by atoms with van der Waals surface area (Å²) in [6.45, 7) is 1.60. The molecule has 1 aliphatic rings. The number of aliphatic hydroxyl groups excluding tert-OH is 1. The van der Waals surface area contributed by atoms with E-state index in [1.54, 1.807) is 0 Å². The van der Waals surface area contributed by atoms with Crippen LogP contribution in [-0.4, -0.2) is 54.6 Å². The van der Waals surface area contributed by atoms with Crippen molar-refractivity contribution >= 4 is 12.0 Å². The minimum atomic E-state index is -1.57. The zero-order chi connectivity index (χ0) is 12.7. The van der Waals surface area contributed by atoms with Gasteiger partial charge in [-0.1, -0.05) is 0 Å². The van der Waals surface area contributed by atoms with Crippen LogP contribution in [0.2, 0.25) is 0 Å². The number of urea groups is 1. The van der Waals surface area contributed by atoms with E-state index in [0.29, 0.717) is 19.1 Å². The lowest BCUT2D eigenvalue weighted by atomic mass is 10.0. The molecule has 0 aromatic carbocycles. The summed E-state index contributed by atoms with van der Waals surface area (Å²) < 4.78 is 5.25. The van der Waals surface area contributed by atoms with Crippen molar-refractivity contribution in [3.63, 3.8) is 0 Å². The highest BCUT2D eigenvalue weighted by Crippen LogP contribution is 2.11. The van der Waals surface area contributed by atoms with Crippen LogP contribution in [0.1, 0.15) is 12.8 Å². The number of aliphatic hydroxyl groups is 1. The molecule has 0 aliphatic carbocycles. The van der Waals surface area contributed by atoms with Crippen LogP contribution in [0, 0.1) is 5.92 Å². The number of ether oxygens (including phenoxy) is 1. The van der Waals surface area contributed by atoms with Crippen LogP contribution in [0.15, 0.2) is 0 Å². The van der Waals surface area contributed by atoms with Crippen LogP contribution < -0.4 is 10.6 Å². The molecule has 0 spiro atoms. The summed E-state index contributed by atoms with van der Waals surface area (Å²) in [5, 5.41) is 22.2. The largest absolute Gasteiger partial charge is 0.479 e. The van der Waals surface area contributed by atoms with Gasteiger partial charge in [-0.05, 0) is 18.8 Å². The molecule has 0 bridgehead atoms. The van der Waals surface area contributed by atoms with Gasteiger partial charge in [0.25, 0.3) is 0 Å². The highest BCUT2D eigenvalue weighted by atomic mass is 16.5. The van der Waals surface area contributed by atoms with E-state index < -0.39 is 18.1 Å². The van der Waals surface area contributed by atoms with E-state index in [9.17, 15) is 9.59 Å². The molecule has 0 radical (unpaired) electrons. The molecule has 1 saturated heterocycles. The number of hydrogen-bond donors (Lipinski definition) is 4. The van der Waals surface area contributed by atoms with Gasteiger partial charge in [-0.2, -0.15) is 0 Å². The molecule has 98 valence electrons. The lowest BCUT2D eigenvalue weighted by molar-refractivity contribution is -0.146. The third kappa shape index (κ3) is 5.50. The first kappa shape index (κ1) is 13.7. The molecule has 7 heteroatoms. The molecule has 1 aliphatic heterocycles. The molecule has 2 amide bonds. The van der Waals surface area contributed by atoms with Crippen LogP contribution in [0.5, 0.6) is 0 Å². The van der Waals surface area contributed by atoms with Gasteiger partial charge < -0.3 is 25.6 Å². The van der Waals surface area contributed by atoms with Crippen LogP contribution >= 0.6 is 0 Å². The number of aliphatic carboxylic acids is 1. The van der Waals surface area contributed by atoms with Crippen molar-refractivity contribution < 1.29 is 24.5 Å². The molecule has 17 heavy (non-hydrogen) atoms. The summed E-state index contributed by atoms with van der Waals surface area (Å²) >= 11 is 0. The molecule has 1 unspecified atom stereocenters. The van der Waals surface area contributed by atoms with Gasteiger partial charge in [-0.3, -0.25) is 0 Å². The second-order valence-electron chi connectivity index (χ2n) is 4.03. The lowest BCUT2D eigenvalue weighted by Crippen LogP contribution is -2.44. The van der Waals surface area contributed by atoms with E-state index in [4.69, 9.17) is 14.9 Å². The molecule has 1 fully saturated rings. The predicted molar refractivity (Wildman–Crippen MR) is 58.6 cm³/mol. The van der Waals surface area contributed by atoms with Gasteiger partial charge in [0.05, 0.1) is 13.2 Å². The summed E-state index contributed by atoms with van der Waals surface area (Å²) in [5.41, 5.74) is 0. The van der Waals surface area contributed by atoms with Crippen molar-refractivity contribution in [3.8, 4) is 0 Å². The van der Waals surface area contributed by atoms with E-state index in [-0.39, 0.29) is 6.54 Å². The summed E-state index contributed by atoms with van der Waals surface area (Å²) in [4.78, 5) is 21.5. The van der Waals surface area contributed by atoms with Gasteiger partial charge in [-0.15, -0.1) is 0 Å². The number of amides is 2. The lowest BCUT2D eigenvalue weighted by Gasteiger charge is -2.22. The number of carbonyl (C=O) groups excluding carboxylic acids is 1. The van der Waals surface area contributed by atoms with Gasteiger partial charge >= 0.3 is 12.0 Å². The van der Waals surface area contributed by atoms with Gasteiger partial charge in [0.1, 0.15) is 0 Å². The van der Waals surface area contributed by atoms with Crippen molar-refractivity contribution in [2.75, 3.05) is 26.3 Å². The van der Waals surface area contributed by atoms with Crippen molar-refractivity contribution in [1.29, 1.82) is 0 Å². The summed E-state index contributed by atoms with van der Waals surface area (Å²) in [6, 6.07) is -0.476. The van der Waals surface area contributed by atoms with Crippen LogP contribution in [0.4, 0.5) is 4.79 Å². The van der Waals surface area contributed by atoms with Crippen LogP contribution in [0.25, 0.3) is 0 Å². The Kier molecular flexibility index (Phi) is 5.71. The quantitative estimate of drug-likeness (QED) is 0.506. The number of nitrogens with one attached hydrogen (secondary N) is 2. The van der Waals surface area contributed by atoms with E-state index in [2.05, 4.69) is 10.6 Å². The van der Waals surface area contributed by atoms with Crippen molar-refractivity contribution in [2.24, 2.45) is 5.92 Å². The number of carbonyl (C=O) groups is 2. The Morgan fingerprint density at radius 3 is 2.76 bits per heavy atom. The molecule has 4 N–H and O–H groups in total. The first-order chi connectivity index (χ1) is 8.09. The van der Waals surface area contributed by atoms with E-state index in [0.717, 1.165) is 19.4 Å². The molecule has 0 aromatic rings. The molecule has 0 aromatic heterocycles. The smallest absolute Gasteiger partial charge is 0.334 e. The molecule has 0 saturated carbocycles. The first-order valence-electron chi connectivity index (χ1n) is 5.60. The second-order valence-corrected chi connectivity index (χ2v) is 4.03. The highest BCUT2D eigenvalue weighted by molar-refractivity contribution is 5.76. The number of hydrogen-bond acceptors (Lipinski definition) is 4. The van der Waals surface area contributed by atoms with Crippen molar-refractivity contribution in [3.05, 3.63) is 0 Å². The van der Waals surface area contributed by atoms with Gasteiger partial charge in [0, 0.05) is 13.2 Å². The Bertz CT molecular complexity index is 265. The number of carboxylic acids is 1. The molecule has 2 atom stereocenters. The van der Waals surface area contributed by atoms with E-state index in [1.165, 1.54) is 0 Å². The molecule has 1 rings (SSSR count). The highest BCUT2D eigenvalue weighted by Gasteiger charge is 2.16. The molecule has 7 nitrogen and oxygen atoms in total. The monoisotopic (exact) mass is 246 g/mol. The molecule has 1 heterocycles. The summed E-state index contributed by atoms with van der Waals surface area (Å²) in [7, 11) is 0. The first-order valence-corrected chi connectivity index (χ1v) is 5.60. The molecular weight excluding hydrogens is 228 g/mol. The average Bonchev–Trinajstić information content (AvgIpc) is 2.34. The van der Waals surface area contributed by atoms with E-state index >= 15 is 0 Å². The predicted octanol–water partition coefficient (Wildman–Crippen LogP) is -0.842. The Balaban J connectivity index is 2.10. The maximum absolute atomic E-state index is 11.2. The summed E-state index contributed by atoms with van der Waals surface area (Å²) in [5.74, 6) is -1.05.